The maximum absolute atomic E-state index is 6.92. The highest BCUT2D eigenvalue weighted by atomic mass is 16.5. The molecular weight excluding hydrogens is 394 g/mol. The Morgan fingerprint density at radius 1 is 0.844 bits per heavy atom. The summed E-state index contributed by atoms with van der Waals surface area (Å²) in [6.07, 6.45) is 2.34. The Morgan fingerprint density at radius 2 is 1.53 bits per heavy atom. The zero-order valence-corrected chi connectivity index (χ0v) is 18.6. The number of allylic oxidation sites excluding steroid dienone is 1. The van der Waals surface area contributed by atoms with Crippen LogP contribution in [0, 0.1) is 11.8 Å². The number of ether oxygens (including phenoxy) is 2. The molecule has 3 aromatic carbocycles. The molecule has 2 heterocycles. The predicted octanol–water partition coefficient (Wildman–Crippen LogP) is 5.86. The first-order valence-electron chi connectivity index (χ1n) is 11.2. The zero-order valence-electron chi connectivity index (χ0n) is 18.6. The van der Waals surface area contributed by atoms with E-state index in [4.69, 9.17) is 9.47 Å². The van der Waals surface area contributed by atoms with Crippen molar-refractivity contribution in [1.82, 2.24) is 4.90 Å². The smallest absolute Gasteiger partial charge is 0.213 e. The molecule has 3 aromatic rings. The van der Waals surface area contributed by atoms with Gasteiger partial charge in [0.1, 0.15) is 11.5 Å². The first-order chi connectivity index (χ1) is 15.7. The summed E-state index contributed by atoms with van der Waals surface area (Å²) in [5, 5.41) is 0. The van der Waals surface area contributed by atoms with E-state index in [0.29, 0.717) is 0 Å². The molecule has 3 nitrogen and oxygen atoms in total. The molecule has 160 valence electrons. The molecule has 0 bridgehead atoms. The van der Waals surface area contributed by atoms with Crippen LogP contribution in [0.5, 0.6) is 11.5 Å². The minimum absolute atomic E-state index is 0.683. The highest BCUT2D eigenvalue weighted by molar-refractivity contribution is 5.87. The van der Waals surface area contributed by atoms with Crippen LogP contribution in [0.15, 0.2) is 84.4 Å². The van der Waals surface area contributed by atoms with Crippen LogP contribution in [-0.2, 0) is 5.72 Å². The number of nitrogens with zero attached hydrogens (tertiary/aromatic N) is 1. The molecule has 0 radical (unpaired) electrons. The lowest BCUT2D eigenvalue weighted by Crippen LogP contribution is -2.51. The highest BCUT2D eigenvalue weighted by Crippen LogP contribution is 2.48. The summed E-state index contributed by atoms with van der Waals surface area (Å²) in [5.74, 6) is 8.61. The van der Waals surface area contributed by atoms with Crippen LogP contribution in [-0.4, -0.2) is 25.1 Å². The van der Waals surface area contributed by atoms with E-state index in [2.05, 4.69) is 54.0 Å². The van der Waals surface area contributed by atoms with Gasteiger partial charge in [-0.15, -0.1) is 0 Å². The van der Waals surface area contributed by atoms with Gasteiger partial charge in [0.25, 0.3) is 0 Å². The van der Waals surface area contributed by atoms with Gasteiger partial charge in [-0.2, -0.15) is 0 Å². The number of benzene rings is 3. The number of para-hydroxylation sites is 1. The van der Waals surface area contributed by atoms with Crippen LogP contribution in [0.4, 0.5) is 0 Å². The van der Waals surface area contributed by atoms with Gasteiger partial charge in [-0.05, 0) is 68.3 Å². The lowest BCUT2D eigenvalue weighted by molar-refractivity contribution is -0.0494. The average molecular weight is 422 g/mol. The van der Waals surface area contributed by atoms with Gasteiger partial charge >= 0.3 is 0 Å². The van der Waals surface area contributed by atoms with Gasteiger partial charge in [-0.25, -0.2) is 0 Å². The third-order valence-corrected chi connectivity index (χ3v) is 6.44. The molecule has 0 aromatic heterocycles. The van der Waals surface area contributed by atoms with Crippen LogP contribution in [0.1, 0.15) is 36.5 Å². The minimum atomic E-state index is -0.683. The van der Waals surface area contributed by atoms with Crippen molar-refractivity contribution >= 4 is 5.57 Å². The van der Waals surface area contributed by atoms with Gasteiger partial charge in [0, 0.05) is 40.9 Å². The van der Waals surface area contributed by atoms with Crippen molar-refractivity contribution in [1.29, 1.82) is 0 Å². The van der Waals surface area contributed by atoms with Crippen LogP contribution < -0.4 is 9.47 Å². The minimum Gasteiger partial charge on any atom is -0.497 e. The first kappa shape index (κ1) is 20.4. The van der Waals surface area contributed by atoms with E-state index in [-0.39, 0.29) is 0 Å². The molecule has 0 aliphatic carbocycles. The van der Waals surface area contributed by atoms with E-state index in [9.17, 15) is 0 Å². The molecule has 0 N–H and O–H groups in total. The molecule has 0 unspecified atom stereocenters. The summed E-state index contributed by atoms with van der Waals surface area (Å²) in [7, 11) is 1.70. The highest BCUT2D eigenvalue weighted by Gasteiger charge is 2.48. The Bertz CT molecular complexity index is 1200. The second-order valence-corrected chi connectivity index (χ2v) is 8.28. The topological polar surface area (TPSA) is 21.7 Å². The van der Waals surface area contributed by atoms with E-state index >= 15 is 0 Å². The standard InChI is InChI=1S/C29H27NO2/c1-22-26(19-14-23-10-4-3-5-11-23)27-12-6-7-13-28(27)32-29(22,30-20-8-9-21-30)24-15-17-25(31-2)18-16-24/h3-7,10-13,15-18H,8-9,20-21H2,1-2H3/t29-/m0/s1. The average Bonchev–Trinajstić information content (AvgIpc) is 3.39. The Balaban J connectivity index is 1.73. The Morgan fingerprint density at radius 3 is 2.25 bits per heavy atom. The van der Waals surface area contributed by atoms with Crippen LogP contribution in [0.3, 0.4) is 0 Å². The van der Waals surface area contributed by atoms with Crippen molar-refractivity contribution in [3.8, 4) is 23.3 Å². The molecule has 3 heteroatoms. The Hall–Kier alpha value is -3.48. The second kappa shape index (κ2) is 8.57. The van der Waals surface area contributed by atoms with Gasteiger partial charge < -0.3 is 9.47 Å². The number of fused-ring (bicyclic) bond motifs is 1. The molecular formula is C29H27NO2. The van der Waals surface area contributed by atoms with Crippen molar-refractivity contribution < 1.29 is 9.47 Å². The van der Waals surface area contributed by atoms with Crippen molar-refractivity contribution in [3.63, 3.8) is 0 Å². The number of methoxy groups -OCH3 is 1. The predicted molar refractivity (Wildman–Crippen MR) is 128 cm³/mol. The molecule has 1 fully saturated rings. The molecule has 0 spiro atoms. The fraction of sp³-hybridized carbons (Fsp3) is 0.241. The van der Waals surface area contributed by atoms with Crippen LogP contribution >= 0.6 is 0 Å². The molecule has 1 saturated heterocycles. The number of likely N-dealkylation sites (tertiary alicyclic amines) is 1. The normalized spacial score (nSPS) is 20.2. The third-order valence-electron chi connectivity index (χ3n) is 6.44. The van der Waals surface area contributed by atoms with Crippen LogP contribution in [0.25, 0.3) is 5.57 Å². The van der Waals surface area contributed by atoms with Gasteiger partial charge in [-0.1, -0.05) is 42.2 Å². The summed E-state index contributed by atoms with van der Waals surface area (Å²) in [4.78, 5) is 2.46. The number of hydrogen-bond acceptors (Lipinski definition) is 3. The summed E-state index contributed by atoms with van der Waals surface area (Å²) < 4.78 is 12.3. The van der Waals surface area contributed by atoms with Crippen molar-refractivity contribution in [2.75, 3.05) is 20.2 Å². The van der Waals surface area contributed by atoms with Gasteiger partial charge in [0.05, 0.1) is 7.11 Å². The van der Waals surface area contributed by atoms with E-state index in [0.717, 1.165) is 52.4 Å². The van der Waals surface area contributed by atoms with Crippen molar-refractivity contribution in [3.05, 3.63) is 101 Å². The van der Waals surface area contributed by atoms with Crippen LogP contribution in [0.2, 0.25) is 0 Å². The number of hydrogen-bond donors (Lipinski definition) is 0. The molecule has 1 atom stereocenters. The monoisotopic (exact) mass is 421 g/mol. The second-order valence-electron chi connectivity index (χ2n) is 8.28. The van der Waals surface area contributed by atoms with Crippen molar-refractivity contribution in [2.45, 2.75) is 25.5 Å². The van der Waals surface area contributed by atoms with E-state index < -0.39 is 5.72 Å². The van der Waals surface area contributed by atoms with Gasteiger partial charge in [-0.3, -0.25) is 4.90 Å². The zero-order chi connectivity index (χ0) is 22.0. The maximum atomic E-state index is 6.92. The van der Waals surface area contributed by atoms with Gasteiger partial charge in [0.2, 0.25) is 5.72 Å². The molecule has 2 aliphatic rings. The fourth-order valence-electron chi connectivity index (χ4n) is 4.80. The number of rotatable bonds is 3. The van der Waals surface area contributed by atoms with E-state index in [1.54, 1.807) is 7.11 Å². The fourth-order valence-corrected chi connectivity index (χ4v) is 4.80. The van der Waals surface area contributed by atoms with Crippen molar-refractivity contribution in [2.24, 2.45) is 0 Å². The summed E-state index contributed by atoms with van der Waals surface area (Å²) in [5.41, 5.74) is 4.65. The third kappa shape index (κ3) is 3.47. The summed E-state index contributed by atoms with van der Waals surface area (Å²) >= 11 is 0. The molecule has 32 heavy (non-hydrogen) atoms. The Kier molecular flexibility index (Phi) is 5.47. The van der Waals surface area contributed by atoms with E-state index in [1.807, 2.05) is 48.5 Å². The van der Waals surface area contributed by atoms with E-state index in [1.165, 1.54) is 12.8 Å². The molecule has 0 amide bonds. The lowest BCUT2D eigenvalue weighted by atomic mass is 9.84. The maximum Gasteiger partial charge on any atom is 0.213 e. The molecule has 0 saturated carbocycles. The quantitative estimate of drug-likeness (QED) is 0.494. The Labute approximate surface area is 190 Å². The summed E-state index contributed by atoms with van der Waals surface area (Å²) in [6, 6.07) is 26.7. The molecule has 5 rings (SSSR count). The molecule has 2 aliphatic heterocycles. The first-order valence-corrected chi connectivity index (χ1v) is 11.2. The lowest BCUT2D eigenvalue weighted by Gasteiger charge is -2.46. The van der Waals surface area contributed by atoms with Gasteiger partial charge in [0.15, 0.2) is 0 Å². The largest absolute Gasteiger partial charge is 0.497 e. The summed E-state index contributed by atoms with van der Waals surface area (Å²) in [6.45, 7) is 4.16. The SMILES string of the molecule is COc1ccc([C@@]2(N3CCCC3)Oc3ccccc3C(C#Cc3ccccc3)=C2C)cc1.